The first-order valence-corrected chi connectivity index (χ1v) is 18.2. The highest BCUT2D eigenvalue weighted by atomic mass is 32.2. The quantitative estimate of drug-likeness (QED) is 0.221. The summed E-state index contributed by atoms with van der Waals surface area (Å²) < 4.78 is 0. The van der Waals surface area contributed by atoms with Gasteiger partial charge >= 0.3 is 0 Å². The number of hydrogen-bond acceptors (Lipinski definition) is 8. The molecule has 40 heavy (non-hydrogen) atoms. The molecule has 0 radical (unpaired) electrons. The van der Waals surface area contributed by atoms with Crippen LogP contribution in [-0.2, 0) is 0 Å². The van der Waals surface area contributed by atoms with Gasteiger partial charge in [-0.05, 0) is 60.4 Å². The SMILES string of the molecule is O=C1N=C(C2CC=C(C3=CCC(C4CC=CS4)S3)S2)c2c(O)[nH]c(-c3ccc(-c4ccc(-c5cccs5)s4)s3)c21. The van der Waals surface area contributed by atoms with Gasteiger partial charge in [0.1, 0.15) is 0 Å². The van der Waals surface area contributed by atoms with E-state index in [0.29, 0.717) is 33.0 Å². The smallest absolute Gasteiger partial charge is 0.280 e. The monoisotopic (exact) mass is 634 g/mol. The Morgan fingerprint density at radius 1 is 0.825 bits per heavy atom. The summed E-state index contributed by atoms with van der Waals surface area (Å²) >= 11 is 10.9. The number of aromatic nitrogens is 1. The number of nitrogens with zero attached hydrogens (tertiary/aromatic N) is 1. The number of allylic oxidation sites excluding steroid dienone is 3. The first kappa shape index (κ1) is 25.5. The van der Waals surface area contributed by atoms with Crippen LogP contribution in [0, 0.1) is 0 Å². The number of H-pyrrole nitrogens is 1. The fourth-order valence-electron chi connectivity index (χ4n) is 5.51. The number of rotatable bonds is 6. The molecule has 200 valence electrons. The molecule has 4 aromatic heterocycles. The van der Waals surface area contributed by atoms with E-state index in [2.05, 4.69) is 69.3 Å². The third kappa shape index (κ3) is 4.35. The fraction of sp³-hybridized carbons (Fsp3) is 0.200. The second-order valence-corrected chi connectivity index (χ2v) is 16.6. The largest absolute Gasteiger partial charge is 0.494 e. The molecule has 3 unspecified atom stereocenters. The summed E-state index contributed by atoms with van der Waals surface area (Å²) in [6.07, 6.45) is 10.0. The van der Waals surface area contributed by atoms with Gasteiger partial charge in [0.05, 0.1) is 32.7 Å². The molecule has 2 N–H and O–H groups in total. The molecule has 0 aromatic carbocycles. The Balaban J connectivity index is 1.01. The summed E-state index contributed by atoms with van der Waals surface area (Å²) in [6.45, 7) is 0. The van der Waals surface area contributed by atoms with Gasteiger partial charge < -0.3 is 10.1 Å². The molecule has 0 bridgehead atoms. The Morgan fingerprint density at radius 3 is 2.35 bits per heavy atom. The second kappa shape index (κ2) is 10.3. The van der Waals surface area contributed by atoms with E-state index >= 15 is 0 Å². The van der Waals surface area contributed by atoms with Crippen molar-refractivity contribution in [2.24, 2.45) is 4.99 Å². The van der Waals surface area contributed by atoms with Crippen LogP contribution in [0.4, 0.5) is 0 Å². The van der Waals surface area contributed by atoms with E-state index in [1.165, 1.54) is 24.4 Å². The topological polar surface area (TPSA) is 65.4 Å². The zero-order valence-corrected chi connectivity index (χ0v) is 25.9. The first-order valence-electron chi connectivity index (χ1n) is 13.0. The van der Waals surface area contributed by atoms with E-state index < -0.39 is 0 Å². The number of aromatic hydroxyl groups is 1. The Hall–Kier alpha value is -2.21. The predicted molar refractivity (Wildman–Crippen MR) is 177 cm³/mol. The maximum atomic E-state index is 13.2. The van der Waals surface area contributed by atoms with Crippen LogP contribution in [0.5, 0.6) is 5.88 Å². The van der Waals surface area contributed by atoms with Crippen LogP contribution in [-0.4, -0.2) is 37.5 Å². The summed E-state index contributed by atoms with van der Waals surface area (Å²) in [5.74, 6) is -0.230. The molecular formula is C30H22N2O2S6. The minimum Gasteiger partial charge on any atom is -0.494 e. The Bertz CT molecular complexity index is 1760. The van der Waals surface area contributed by atoms with Gasteiger partial charge in [0.15, 0.2) is 5.88 Å². The molecule has 0 aliphatic carbocycles. The molecule has 0 saturated carbocycles. The number of carbonyl (C=O) groups is 1. The van der Waals surface area contributed by atoms with Gasteiger partial charge in [0, 0.05) is 39.8 Å². The van der Waals surface area contributed by atoms with E-state index in [1.54, 1.807) is 45.8 Å². The average Bonchev–Trinajstić information content (AvgIpc) is 3.82. The Labute approximate surface area is 256 Å². The van der Waals surface area contributed by atoms with Crippen LogP contribution in [0.1, 0.15) is 35.2 Å². The fourth-order valence-corrected chi connectivity index (χ4v) is 12.4. The van der Waals surface area contributed by atoms with E-state index in [4.69, 9.17) is 0 Å². The standard InChI is InChI=1S/C30H22N2O2S6/c33-29-25-26(28(32-29)24-12-10-22(40-24)20-8-6-18(38-20)16-4-2-14-36-16)30(34)31-27(25)23-11-9-21(39-23)19-7-5-17(37-19)15-3-1-13-35-15/h1-3,5,7-11,13-14,16,18,24,31,34H,4,6,12H2. The van der Waals surface area contributed by atoms with Crippen LogP contribution in [0.2, 0.25) is 0 Å². The highest BCUT2D eigenvalue weighted by molar-refractivity contribution is 8.10. The second-order valence-electron chi connectivity index (χ2n) is 9.86. The third-order valence-electron chi connectivity index (χ3n) is 7.42. The Kier molecular flexibility index (Phi) is 6.54. The predicted octanol–water partition coefficient (Wildman–Crippen LogP) is 9.65. The molecular weight excluding hydrogens is 613 g/mol. The third-order valence-corrected chi connectivity index (χ3v) is 15.2. The summed E-state index contributed by atoms with van der Waals surface area (Å²) in [7, 11) is 0. The van der Waals surface area contributed by atoms with Crippen molar-refractivity contribution in [2.75, 3.05) is 0 Å². The lowest BCUT2D eigenvalue weighted by Gasteiger charge is -2.17. The lowest BCUT2D eigenvalue weighted by atomic mass is 10.0. The van der Waals surface area contributed by atoms with Gasteiger partial charge in [-0.15, -0.1) is 69.3 Å². The highest BCUT2D eigenvalue weighted by Crippen LogP contribution is 2.52. The maximum Gasteiger partial charge on any atom is 0.280 e. The molecule has 8 heterocycles. The summed E-state index contributed by atoms with van der Waals surface area (Å²) in [5.41, 5.74) is 2.44. The molecule has 0 spiro atoms. The summed E-state index contributed by atoms with van der Waals surface area (Å²) in [6, 6.07) is 12.7. The van der Waals surface area contributed by atoms with Gasteiger partial charge in [-0.25, -0.2) is 4.99 Å². The first-order chi connectivity index (χ1) is 19.6. The van der Waals surface area contributed by atoms with Gasteiger partial charge in [0.2, 0.25) is 0 Å². The van der Waals surface area contributed by atoms with Crippen molar-refractivity contribution in [1.29, 1.82) is 0 Å². The molecule has 4 nitrogen and oxygen atoms in total. The normalized spacial score (nSPS) is 23.6. The number of aliphatic imine (C=N–C) groups is 1. The van der Waals surface area contributed by atoms with Crippen molar-refractivity contribution < 1.29 is 9.90 Å². The zero-order valence-electron chi connectivity index (χ0n) is 21.0. The molecule has 10 heteroatoms. The Morgan fingerprint density at radius 2 is 1.57 bits per heavy atom. The lowest BCUT2D eigenvalue weighted by molar-refractivity contribution is 0.101. The average molecular weight is 635 g/mol. The number of nitrogens with one attached hydrogen (secondary N) is 1. The van der Waals surface area contributed by atoms with E-state index in [-0.39, 0.29) is 17.0 Å². The minimum absolute atomic E-state index is 0.0264. The van der Waals surface area contributed by atoms with E-state index in [0.717, 1.165) is 29.0 Å². The van der Waals surface area contributed by atoms with Crippen molar-refractivity contribution in [1.82, 2.24) is 4.98 Å². The van der Waals surface area contributed by atoms with Crippen molar-refractivity contribution in [3.63, 3.8) is 0 Å². The van der Waals surface area contributed by atoms with E-state index in [1.807, 2.05) is 29.6 Å². The van der Waals surface area contributed by atoms with E-state index in [9.17, 15) is 9.90 Å². The molecule has 4 aliphatic heterocycles. The minimum atomic E-state index is -0.267. The van der Waals surface area contributed by atoms with Crippen LogP contribution in [0.15, 0.2) is 80.2 Å². The van der Waals surface area contributed by atoms with Crippen LogP contribution in [0.25, 0.3) is 30.1 Å². The van der Waals surface area contributed by atoms with Crippen LogP contribution >= 0.6 is 69.3 Å². The molecule has 4 aliphatic rings. The summed E-state index contributed by atoms with van der Waals surface area (Å²) in [4.78, 5) is 29.3. The molecule has 0 fully saturated rings. The van der Waals surface area contributed by atoms with Crippen molar-refractivity contribution in [3.05, 3.63) is 86.4 Å². The zero-order chi connectivity index (χ0) is 26.8. The number of carbonyl (C=O) groups excluding carboxylic acids is 1. The van der Waals surface area contributed by atoms with Crippen LogP contribution in [0.3, 0.4) is 0 Å². The van der Waals surface area contributed by atoms with Crippen LogP contribution < -0.4 is 0 Å². The van der Waals surface area contributed by atoms with Gasteiger partial charge in [-0.2, -0.15) is 0 Å². The van der Waals surface area contributed by atoms with Gasteiger partial charge in [-0.1, -0.05) is 24.3 Å². The molecule has 0 saturated heterocycles. The molecule has 3 atom stereocenters. The van der Waals surface area contributed by atoms with Crippen molar-refractivity contribution in [2.45, 2.75) is 35.0 Å². The van der Waals surface area contributed by atoms with Crippen molar-refractivity contribution in [3.8, 4) is 36.0 Å². The number of thioether (sulfide) groups is 3. The number of aromatic amines is 1. The maximum absolute atomic E-state index is 13.2. The van der Waals surface area contributed by atoms with Crippen molar-refractivity contribution >= 4 is 80.9 Å². The van der Waals surface area contributed by atoms with Gasteiger partial charge in [-0.3, -0.25) is 4.79 Å². The number of amides is 1. The highest BCUT2D eigenvalue weighted by Gasteiger charge is 2.39. The lowest BCUT2D eigenvalue weighted by Crippen LogP contribution is -2.14. The number of thiophene rings is 3. The molecule has 8 rings (SSSR count). The molecule has 1 amide bonds. The molecule has 4 aromatic rings. The van der Waals surface area contributed by atoms with Gasteiger partial charge in [0.25, 0.3) is 5.91 Å². The summed E-state index contributed by atoms with van der Waals surface area (Å²) in [5, 5.41) is 16.6. The number of fused-ring (bicyclic) bond motifs is 1. The number of hydrogen-bond donors (Lipinski definition) is 2.